The summed E-state index contributed by atoms with van der Waals surface area (Å²) in [5.74, 6) is 0.0837. The molecule has 1 aromatic carbocycles. The molecule has 0 aliphatic rings. The van der Waals surface area contributed by atoms with Gasteiger partial charge in [-0.2, -0.15) is 0 Å². The van der Waals surface area contributed by atoms with Crippen molar-refractivity contribution in [1.82, 2.24) is 9.88 Å². The zero-order chi connectivity index (χ0) is 14.4. The minimum atomic E-state index is -0.0714. The quantitative estimate of drug-likeness (QED) is 0.834. The predicted molar refractivity (Wildman–Crippen MR) is 80.2 cm³/mol. The first kappa shape index (κ1) is 14.3. The maximum atomic E-state index is 12.6. The van der Waals surface area contributed by atoms with Gasteiger partial charge in [0.2, 0.25) is 5.91 Å². The van der Waals surface area contributed by atoms with E-state index in [0.717, 1.165) is 17.5 Å². The van der Waals surface area contributed by atoms with Crippen LogP contribution in [-0.2, 0) is 11.3 Å². The van der Waals surface area contributed by atoms with Gasteiger partial charge in [0.1, 0.15) is 0 Å². The molecular formula is C17H20N2O. The Hall–Kier alpha value is -2.16. The van der Waals surface area contributed by atoms with Crippen molar-refractivity contribution in [2.24, 2.45) is 0 Å². The van der Waals surface area contributed by atoms with E-state index in [9.17, 15) is 4.79 Å². The van der Waals surface area contributed by atoms with Gasteiger partial charge < -0.3 is 4.90 Å². The Morgan fingerprint density at radius 2 is 1.95 bits per heavy atom. The van der Waals surface area contributed by atoms with Crippen molar-refractivity contribution >= 4 is 5.91 Å². The lowest BCUT2D eigenvalue weighted by molar-refractivity contribution is -0.132. The molecule has 0 saturated carbocycles. The van der Waals surface area contributed by atoms with Crippen molar-refractivity contribution in [3.63, 3.8) is 0 Å². The van der Waals surface area contributed by atoms with Crippen LogP contribution >= 0.6 is 0 Å². The Morgan fingerprint density at radius 1 is 1.20 bits per heavy atom. The second-order valence-corrected chi connectivity index (χ2v) is 4.93. The molecule has 104 valence electrons. The highest BCUT2D eigenvalue weighted by Gasteiger charge is 2.21. The Balaban J connectivity index is 2.09. The van der Waals surface area contributed by atoms with Gasteiger partial charge in [0.05, 0.1) is 5.92 Å². The Kier molecular flexibility index (Phi) is 4.88. The van der Waals surface area contributed by atoms with Gasteiger partial charge in [-0.05, 0) is 23.6 Å². The van der Waals surface area contributed by atoms with E-state index >= 15 is 0 Å². The first-order valence-electron chi connectivity index (χ1n) is 6.91. The van der Waals surface area contributed by atoms with Gasteiger partial charge in [0, 0.05) is 26.0 Å². The molecule has 1 unspecified atom stereocenters. The zero-order valence-electron chi connectivity index (χ0n) is 12.0. The van der Waals surface area contributed by atoms with Crippen LogP contribution in [0.4, 0.5) is 0 Å². The summed E-state index contributed by atoms with van der Waals surface area (Å²) in [5.41, 5.74) is 2.13. The molecule has 1 atom stereocenters. The summed E-state index contributed by atoms with van der Waals surface area (Å²) in [6.45, 7) is 2.64. The summed E-state index contributed by atoms with van der Waals surface area (Å²) in [6, 6.07) is 13.8. The Bertz CT molecular complexity index is 539. The van der Waals surface area contributed by atoms with Crippen LogP contribution in [0.3, 0.4) is 0 Å². The molecule has 0 N–H and O–H groups in total. The molecule has 2 rings (SSSR count). The summed E-state index contributed by atoms with van der Waals surface area (Å²) in [5, 5.41) is 0. The number of hydrogen-bond acceptors (Lipinski definition) is 2. The number of pyridine rings is 1. The first-order chi connectivity index (χ1) is 9.72. The van der Waals surface area contributed by atoms with Crippen molar-refractivity contribution in [3.8, 4) is 0 Å². The van der Waals surface area contributed by atoms with E-state index in [1.54, 1.807) is 17.3 Å². The van der Waals surface area contributed by atoms with Crippen LogP contribution in [0.5, 0.6) is 0 Å². The highest BCUT2D eigenvalue weighted by molar-refractivity contribution is 5.83. The van der Waals surface area contributed by atoms with E-state index in [1.807, 2.05) is 56.4 Å². The molecule has 0 saturated heterocycles. The van der Waals surface area contributed by atoms with Gasteiger partial charge in [0.15, 0.2) is 0 Å². The molecule has 0 radical (unpaired) electrons. The molecule has 3 heteroatoms. The number of benzene rings is 1. The Morgan fingerprint density at radius 3 is 2.55 bits per heavy atom. The zero-order valence-corrected chi connectivity index (χ0v) is 12.0. The van der Waals surface area contributed by atoms with Crippen LogP contribution in [0, 0.1) is 0 Å². The average molecular weight is 268 g/mol. The van der Waals surface area contributed by atoms with Crippen molar-refractivity contribution in [1.29, 1.82) is 0 Å². The third kappa shape index (κ3) is 3.44. The molecule has 0 fully saturated rings. The minimum Gasteiger partial charge on any atom is -0.341 e. The number of carbonyl (C=O) groups excluding carboxylic acids is 1. The maximum absolute atomic E-state index is 12.6. The van der Waals surface area contributed by atoms with Gasteiger partial charge in [-0.15, -0.1) is 0 Å². The van der Waals surface area contributed by atoms with Crippen LogP contribution in [0.25, 0.3) is 0 Å². The molecule has 0 spiro atoms. The van der Waals surface area contributed by atoms with E-state index in [-0.39, 0.29) is 11.8 Å². The third-order valence-electron chi connectivity index (χ3n) is 3.43. The fourth-order valence-corrected chi connectivity index (χ4v) is 2.35. The van der Waals surface area contributed by atoms with Gasteiger partial charge >= 0.3 is 0 Å². The second kappa shape index (κ2) is 6.85. The van der Waals surface area contributed by atoms with Crippen molar-refractivity contribution in [3.05, 3.63) is 66.0 Å². The number of carbonyl (C=O) groups is 1. The third-order valence-corrected chi connectivity index (χ3v) is 3.43. The van der Waals surface area contributed by atoms with Crippen molar-refractivity contribution in [2.45, 2.75) is 25.8 Å². The molecule has 20 heavy (non-hydrogen) atoms. The summed E-state index contributed by atoms with van der Waals surface area (Å²) in [4.78, 5) is 18.4. The van der Waals surface area contributed by atoms with Crippen molar-refractivity contribution in [2.75, 3.05) is 7.05 Å². The SMILES string of the molecule is CCC(C(=O)N(C)Cc1cccnc1)c1ccccc1. The molecule has 2 aromatic rings. The standard InChI is InChI=1S/C17H20N2O/c1-3-16(15-9-5-4-6-10-15)17(20)19(2)13-14-8-7-11-18-12-14/h4-12,16H,3,13H2,1-2H3. The van der Waals surface area contributed by atoms with E-state index in [0.29, 0.717) is 6.54 Å². The largest absolute Gasteiger partial charge is 0.341 e. The van der Waals surface area contributed by atoms with Crippen LogP contribution in [0.15, 0.2) is 54.9 Å². The Labute approximate surface area is 120 Å². The number of likely N-dealkylation sites (N-methyl/N-ethyl adjacent to an activating group) is 1. The summed E-state index contributed by atoms with van der Waals surface area (Å²) >= 11 is 0. The summed E-state index contributed by atoms with van der Waals surface area (Å²) < 4.78 is 0. The lowest BCUT2D eigenvalue weighted by Gasteiger charge is -2.23. The lowest BCUT2D eigenvalue weighted by Crippen LogP contribution is -2.31. The number of aromatic nitrogens is 1. The fraction of sp³-hybridized carbons (Fsp3) is 0.294. The van der Waals surface area contributed by atoms with Gasteiger partial charge in [0.25, 0.3) is 0 Å². The second-order valence-electron chi connectivity index (χ2n) is 4.93. The van der Waals surface area contributed by atoms with Crippen LogP contribution in [0.2, 0.25) is 0 Å². The van der Waals surface area contributed by atoms with Crippen LogP contribution < -0.4 is 0 Å². The predicted octanol–water partition coefficient (Wildman–Crippen LogP) is 3.23. The van der Waals surface area contributed by atoms with E-state index in [2.05, 4.69) is 4.98 Å². The lowest BCUT2D eigenvalue weighted by atomic mass is 9.95. The van der Waals surface area contributed by atoms with Gasteiger partial charge in [-0.25, -0.2) is 0 Å². The van der Waals surface area contributed by atoms with Crippen LogP contribution in [0.1, 0.15) is 30.4 Å². The maximum Gasteiger partial charge on any atom is 0.230 e. The summed E-state index contributed by atoms with van der Waals surface area (Å²) in [7, 11) is 1.85. The van der Waals surface area contributed by atoms with E-state index < -0.39 is 0 Å². The molecule has 3 nitrogen and oxygen atoms in total. The number of amides is 1. The summed E-state index contributed by atoms with van der Waals surface area (Å²) in [6.07, 6.45) is 4.34. The number of nitrogens with zero attached hydrogens (tertiary/aromatic N) is 2. The van der Waals surface area contributed by atoms with Crippen LogP contribution in [-0.4, -0.2) is 22.8 Å². The molecular weight excluding hydrogens is 248 g/mol. The minimum absolute atomic E-state index is 0.0714. The normalized spacial score (nSPS) is 11.9. The molecule has 1 amide bonds. The monoisotopic (exact) mass is 268 g/mol. The average Bonchev–Trinajstić information content (AvgIpc) is 2.50. The first-order valence-corrected chi connectivity index (χ1v) is 6.91. The topological polar surface area (TPSA) is 33.2 Å². The highest BCUT2D eigenvalue weighted by Crippen LogP contribution is 2.22. The van der Waals surface area contributed by atoms with Gasteiger partial charge in [-0.3, -0.25) is 9.78 Å². The van der Waals surface area contributed by atoms with E-state index in [4.69, 9.17) is 0 Å². The molecule has 0 aliphatic carbocycles. The molecule has 0 aliphatic heterocycles. The van der Waals surface area contributed by atoms with Crippen molar-refractivity contribution < 1.29 is 4.79 Å². The molecule has 1 aromatic heterocycles. The molecule has 0 bridgehead atoms. The highest BCUT2D eigenvalue weighted by atomic mass is 16.2. The number of rotatable bonds is 5. The number of hydrogen-bond donors (Lipinski definition) is 0. The van der Waals surface area contributed by atoms with E-state index in [1.165, 1.54) is 0 Å². The smallest absolute Gasteiger partial charge is 0.230 e. The fourth-order valence-electron chi connectivity index (χ4n) is 2.35. The molecule has 1 heterocycles. The van der Waals surface area contributed by atoms with Gasteiger partial charge in [-0.1, -0.05) is 43.3 Å².